The first-order valence-corrected chi connectivity index (χ1v) is 26.0. The molecule has 3 aliphatic rings. The Balaban J connectivity index is 1.08. The van der Waals surface area contributed by atoms with Gasteiger partial charge < -0.3 is 20.4 Å². The highest BCUT2D eigenvalue weighted by atomic mass is 32.2. The molecular weight excluding hydrogens is 957 g/mol. The molecule has 4 heterocycles. The summed E-state index contributed by atoms with van der Waals surface area (Å²) in [4.78, 5) is 55.5. The number of benzene rings is 6. The number of amides is 2. The molecule has 0 saturated carbocycles. The number of carbonyl (C=O) groups excluding carboxylic acids is 2. The minimum atomic E-state index is -1.37. The lowest BCUT2D eigenvalue weighted by Crippen LogP contribution is -2.71. The highest BCUT2D eigenvalue weighted by Crippen LogP contribution is 2.47. The predicted molar refractivity (Wildman–Crippen MR) is 276 cm³/mol. The van der Waals surface area contributed by atoms with Crippen LogP contribution in [0.4, 0.5) is 0 Å². The standard InChI is InChI=1S/C54H44N6O6S4/c61-31-42-52(69-34-55-42)70-44-33-68-50-46(49(63)60(50)47(44)51(64)65)56-48(62)45(57-66-54(39-25-13-4-14-26-39,40-27-15-5-16-28-40)41-29-17-6-18-30-41)43-32-67-35-59(43)58-53(36-19-7-1-8-20-36,37-21-9-2-10-22-37)38-23-11-3-12-24-38/h1-30,32,34,46,50,58,61H,31,33,35H2,(H,56,62)(H,64,65)/b57-45-/t46-,50+/m1/s1. The maximum Gasteiger partial charge on any atom is 0.353 e. The molecule has 0 spiro atoms. The molecule has 16 heteroatoms. The number of nitrogens with zero attached hydrogens (tertiary/aromatic N) is 4. The molecule has 1 saturated heterocycles. The second-order valence-corrected chi connectivity index (χ2v) is 20.4. The van der Waals surface area contributed by atoms with E-state index in [9.17, 15) is 19.8 Å². The normalized spacial score (nSPS) is 17.1. The first kappa shape index (κ1) is 46.8. The molecule has 10 rings (SSSR count). The summed E-state index contributed by atoms with van der Waals surface area (Å²) in [6.45, 7) is -0.307. The lowest BCUT2D eigenvalue weighted by Gasteiger charge is -2.49. The number of carboxylic acid groups (broad SMARTS) is 1. The van der Waals surface area contributed by atoms with Crippen molar-refractivity contribution in [2.24, 2.45) is 5.16 Å². The predicted octanol–water partition coefficient (Wildman–Crippen LogP) is 9.13. The second-order valence-electron chi connectivity index (χ2n) is 16.3. The molecule has 1 fully saturated rings. The molecule has 0 bridgehead atoms. The number of rotatable bonds is 17. The van der Waals surface area contributed by atoms with Gasteiger partial charge in [-0.2, -0.15) is 0 Å². The Morgan fingerprint density at radius 3 is 1.70 bits per heavy atom. The van der Waals surface area contributed by atoms with Crippen LogP contribution in [0.1, 0.15) is 39.1 Å². The molecule has 7 aromatic rings. The molecule has 0 unspecified atom stereocenters. The molecular formula is C54H44N6O6S4. The Morgan fingerprint density at radius 2 is 1.23 bits per heavy atom. The van der Waals surface area contributed by atoms with Gasteiger partial charge >= 0.3 is 5.97 Å². The number of carbonyl (C=O) groups is 3. The van der Waals surface area contributed by atoms with Crippen molar-refractivity contribution in [3.05, 3.63) is 248 Å². The zero-order valence-corrected chi connectivity index (χ0v) is 40.5. The SMILES string of the molecule is O=C(O)C1=C(Sc2scnc2CO)CS[C@H]2[C@H](NC(=O)/C(=N\OC(c3ccccc3)(c3ccccc3)c3ccccc3)C3=CSCN3NC(c3ccccc3)(c3ccccc3)c3ccccc3)C(=O)N12. The minimum Gasteiger partial charge on any atom is -0.477 e. The third kappa shape index (κ3) is 8.71. The number of aliphatic hydroxyl groups is 1. The first-order chi connectivity index (χ1) is 34.3. The topological polar surface area (TPSA) is 157 Å². The highest BCUT2D eigenvalue weighted by molar-refractivity contribution is 8.07. The van der Waals surface area contributed by atoms with Crippen LogP contribution in [0.25, 0.3) is 0 Å². The van der Waals surface area contributed by atoms with E-state index in [0.717, 1.165) is 33.4 Å². The summed E-state index contributed by atoms with van der Waals surface area (Å²) >= 11 is 5.26. The van der Waals surface area contributed by atoms with Gasteiger partial charge in [-0.15, -0.1) is 34.9 Å². The molecule has 2 atom stereocenters. The lowest BCUT2D eigenvalue weighted by molar-refractivity contribution is -0.150. The molecule has 3 aliphatic heterocycles. The van der Waals surface area contributed by atoms with Crippen LogP contribution in [0, 0.1) is 0 Å². The highest BCUT2D eigenvalue weighted by Gasteiger charge is 2.55. The Kier molecular flexibility index (Phi) is 13.8. The summed E-state index contributed by atoms with van der Waals surface area (Å²) in [6, 6.07) is 58.3. The number of hydrazine groups is 1. The quantitative estimate of drug-likeness (QED) is 0.0298. The first-order valence-electron chi connectivity index (χ1n) is 22.2. The van der Waals surface area contributed by atoms with Crippen molar-refractivity contribution < 1.29 is 29.4 Å². The number of aromatic nitrogens is 1. The van der Waals surface area contributed by atoms with Crippen molar-refractivity contribution in [2.75, 3.05) is 11.6 Å². The molecule has 4 N–H and O–H groups in total. The maximum absolute atomic E-state index is 15.4. The van der Waals surface area contributed by atoms with Gasteiger partial charge in [-0.25, -0.2) is 15.2 Å². The average molecular weight is 1000 g/mol. The van der Waals surface area contributed by atoms with Crippen LogP contribution < -0.4 is 10.7 Å². The van der Waals surface area contributed by atoms with E-state index in [1.807, 2.05) is 156 Å². The van der Waals surface area contributed by atoms with Gasteiger partial charge in [0.05, 0.1) is 33.6 Å². The van der Waals surface area contributed by atoms with Crippen LogP contribution in [-0.2, 0) is 37.0 Å². The summed E-state index contributed by atoms with van der Waals surface area (Å²) in [5, 5.41) is 31.3. The number of fused-ring (bicyclic) bond motifs is 1. The van der Waals surface area contributed by atoms with E-state index >= 15 is 4.79 Å². The number of oxime groups is 1. The second kappa shape index (κ2) is 20.6. The number of aliphatic carboxylic acids is 1. The zero-order chi connectivity index (χ0) is 48.1. The summed E-state index contributed by atoms with van der Waals surface area (Å²) in [7, 11) is 0. The van der Waals surface area contributed by atoms with Gasteiger partial charge in [0.25, 0.3) is 11.8 Å². The molecule has 0 radical (unpaired) electrons. The molecule has 2 amide bonds. The van der Waals surface area contributed by atoms with Gasteiger partial charge in [-0.1, -0.05) is 199 Å². The van der Waals surface area contributed by atoms with E-state index in [0.29, 0.717) is 26.4 Å². The lowest BCUT2D eigenvalue weighted by atomic mass is 9.77. The monoisotopic (exact) mass is 1000 g/mol. The van der Waals surface area contributed by atoms with Gasteiger partial charge in [0, 0.05) is 32.8 Å². The van der Waals surface area contributed by atoms with Crippen molar-refractivity contribution in [1.29, 1.82) is 0 Å². The molecule has 0 aliphatic carbocycles. The van der Waals surface area contributed by atoms with Crippen LogP contribution in [0.5, 0.6) is 0 Å². The fourth-order valence-electron chi connectivity index (χ4n) is 8.99. The maximum atomic E-state index is 15.4. The smallest absolute Gasteiger partial charge is 0.353 e. The summed E-state index contributed by atoms with van der Waals surface area (Å²) in [6.07, 6.45) is 0. The molecule has 1 aromatic heterocycles. The summed E-state index contributed by atoms with van der Waals surface area (Å²) in [5.41, 5.74) is 8.74. The number of thioether (sulfide) groups is 3. The number of thiazole rings is 1. The number of β-lactam (4-membered cyclic amide) rings is 1. The van der Waals surface area contributed by atoms with Gasteiger partial charge in [-0.3, -0.25) is 19.5 Å². The van der Waals surface area contributed by atoms with Crippen LogP contribution in [0.3, 0.4) is 0 Å². The summed E-state index contributed by atoms with van der Waals surface area (Å²) in [5.74, 6) is -1.96. The van der Waals surface area contributed by atoms with E-state index in [1.54, 1.807) is 5.51 Å². The summed E-state index contributed by atoms with van der Waals surface area (Å²) < 4.78 is 0.642. The number of aliphatic hydroxyl groups excluding tert-OH is 1. The Labute approximate surface area is 421 Å². The third-order valence-corrected chi connectivity index (χ3v) is 16.7. The van der Waals surface area contributed by atoms with E-state index in [4.69, 9.17) is 9.99 Å². The van der Waals surface area contributed by atoms with Gasteiger partial charge in [-0.05, 0) is 16.7 Å². The molecule has 12 nitrogen and oxygen atoms in total. The van der Waals surface area contributed by atoms with E-state index in [-0.39, 0.29) is 23.8 Å². The largest absolute Gasteiger partial charge is 0.477 e. The van der Waals surface area contributed by atoms with Crippen molar-refractivity contribution in [3.63, 3.8) is 0 Å². The van der Waals surface area contributed by atoms with Crippen LogP contribution in [-0.4, -0.2) is 71.6 Å². The van der Waals surface area contributed by atoms with E-state index in [2.05, 4.69) is 52.1 Å². The number of hydrogen-bond donors (Lipinski definition) is 4. The fraction of sp³-hybridized carbons (Fsp3) is 0.130. The number of nitrogens with one attached hydrogen (secondary N) is 2. The van der Waals surface area contributed by atoms with Crippen LogP contribution >= 0.6 is 46.6 Å². The minimum absolute atomic E-state index is 0.119. The van der Waals surface area contributed by atoms with Crippen LogP contribution in [0.2, 0.25) is 0 Å². The zero-order valence-electron chi connectivity index (χ0n) is 37.2. The van der Waals surface area contributed by atoms with Crippen molar-refractivity contribution in [2.45, 2.75) is 33.4 Å². The van der Waals surface area contributed by atoms with Gasteiger partial charge in [0.1, 0.15) is 22.7 Å². The molecule has 70 heavy (non-hydrogen) atoms. The number of carboxylic acids is 1. The molecule has 350 valence electrons. The fourth-order valence-corrected chi connectivity index (χ4v) is 13.3. The van der Waals surface area contributed by atoms with Crippen molar-refractivity contribution in [3.8, 4) is 0 Å². The Bertz CT molecular complexity index is 2900. The third-order valence-electron chi connectivity index (χ3n) is 12.3. The Hall–Kier alpha value is -6.92. The van der Waals surface area contributed by atoms with Crippen LogP contribution in [0.15, 0.2) is 219 Å². The Morgan fingerprint density at radius 1 is 0.743 bits per heavy atom. The van der Waals surface area contributed by atoms with Crippen molar-refractivity contribution >= 4 is 70.1 Å². The van der Waals surface area contributed by atoms with E-state index in [1.165, 1.54) is 51.5 Å². The van der Waals surface area contributed by atoms with E-state index < -0.39 is 40.3 Å². The number of hydrogen-bond acceptors (Lipinski definition) is 13. The molecule has 6 aromatic carbocycles. The van der Waals surface area contributed by atoms with Gasteiger partial charge in [0.15, 0.2) is 5.71 Å². The van der Waals surface area contributed by atoms with Crippen molar-refractivity contribution in [1.82, 2.24) is 25.6 Å². The average Bonchev–Trinajstić information content (AvgIpc) is 4.08. The van der Waals surface area contributed by atoms with Gasteiger partial charge in [0.2, 0.25) is 5.60 Å².